The number of nitrogens with one attached hydrogen (secondary N) is 2. The van der Waals surface area contributed by atoms with Crippen LogP contribution >= 0.6 is 0 Å². The largest absolute Gasteiger partial charge is 0.376 e. The Labute approximate surface area is 224 Å². The first-order valence-electron chi connectivity index (χ1n) is 14.3. The van der Waals surface area contributed by atoms with Crippen molar-refractivity contribution in [1.29, 1.82) is 0 Å². The van der Waals surface area contributed by atoms with Crippen molar-refractivity contribution in [2.75, 3.05) is 30.6 Å². The van der Waals surface area contributed by atoms with Crippen LogP contribution in [-0.4, -0.2) is 61.6 Å². The lowest BCUT2D eigenvalue weighted by Crippen LogP contribution is -2.66. The molecular weight excluding hydrogens is 484 g/mol. The monoisotopic (exact) mass is 530 g/mol. The smallest absolute Gasteiger partial charge is 0.245 e. The maximum Gasteiger partial charge on any atom is 0.245 e. The van der Waals surface area contributed by atoms with E-state index in [1.165, 1.54) is 32.1 Å². The van der Waals surface area contributed by atoms with E-state index in [2.05, 4.69) is 33.3 Å². The van der Waals surface area contributed by atoms with E-state index in [9.17, 15) is 13.2 Å². The number of nitrogens with zero attached hydrogens (tertiary/aromatic N) is 2. The number of amides is 1. The number of sulfonamides is 1. The molecule has 2 unspecified atom stereocenters. The van der Waals surface area contributed by atoms with Crippen molar-refractivity contribution in [1.82, 2.24) is 15.1 Å². The predicted molar refractivity (Wildman–Crippen MR) is 151 cm³/mol. The van der Waals surface area contributed by atoms with Crippen molar-refractivity contribution in [3.63, 3.8) is 0 Å². The van der Waals surface area contributed by atoms with Crippen molar-refractivity contribution >= 4 is 21.6 Å². The lowest BCUT2D eigenvalue weighted by molar-refractivity contribution is -0.143. The number of piperazine rings is 1. The number of carbonyl (C=O) groups excluding carboxylic acids is 1. The van der Waals surface area contributed by atoms with Crippen LogP contribution < -0.4 is 10.0 Å². The highest BCUT2D eigenvalue weighted by Crippen LogP contribution is 2.40. The Morgan fingerprint density at radius 3 is 2.49 bits per heavy atom. The summed E-state index contributed by atoms with van der Waals surface area (Å²) in [5.41, 5.74) is 2.47. The number of benzene rings is 1. The third-order valence-electron chi connectivity index (χ3n) is 8.59. The predicted octanol–water partition coefficient (Wildman–Crippen LogP) is 4.87. The molecule has 1 aromatic carbocycles. The third kappa shape index (κ3) is 7.08. The number of hydrogen-bond acceptors (Lipinski definition) is 5. The summed E-state index contributed by atoms with van der Waals surface area (Å²) < 4.78 is 25.5. The quantitative estimate of drug-likeness (QED) is 0.476. The molecule has 3 fully saturated rings. The minimum absolute atomic E-state index is 0.128. The van der Waals surface area contributed by atoms with E-state index in [1.807, 2.05) is 24.3 Å². The van der Waals surface area contributed by atoms with Crippen molar-refractivity contribution in [3.8, 4) is 0 Å². The molecule has 2 atom stereocenters. The van der Waals surface area contributed by atoms with E-state index in [1.54, 1.807) is 0 Å². The summed E-state index contributed by atoms with van der Waals surface area (Å²) in [7, 11) is -3.28. The molecule has 37 heavy (non-hydrogen) atoms. The average Bonchev–Trinajstić information content (AvgIpc) is 3.07. The van der Waals surface area contributed by atoms with Crippen molar-refractivity contribution in [2.45, 2.75) is 95.7 Å². The van der Waals surface area contributed by atoms with Gasteiger partial charge in [-0.15, -0.1) is 0 Å². The van der Waals surface area contributed by atoms with Crippen LogP contribution in [0.1, 0.15) is 83.1 Å². The van der Waals surface area contributed by atoms with Crippen molar-refractivity contribution in [3.05, 3.63) is 42.1 Å². The van der Waals surface area contributed by atoms with E-state index in [4.69, 9.17) is 0 Å². The van der Waals surface area contributed by atoms with Gasteiger partial charge in [0.2, 0.25) is 15.9 Å². The number of hydrogen-bond donors (Lipinski definition) is 2. The van der Waals surface area contributed by atoms with Crippen LogP contribution in [0.15, 0.2) is 36.5 Å². The molecule has 2 heterocycles. The summed E-state index contributed by atoms with van der Waals surface area (Å²) >= 11 is 0. The zero-order valence-electron chi connectivity index (χ0n) is 22.8. The second kappa shape index (κ2) is 12.2. The van der Waals surface area contributed by atoms with E-state index >= 15 is 0 Å². The van der Waals surface area contributed by atoms with Crippen molar-refractivity contribution < 1.29 is 13.2 Å². The number of anilines is 1. The van der Waals surface area contributed by atoms with Crippen LogP contribution in [0.3, 0.4) is 0 Å². The molecule has 1 aromatic rings. The summed E-state index contributed by atoms with van der Waals surface area (Å²) in [6.45, 7) is 10.2. The zero-order valence-corrected chi connectivity index (χ0v) is 23.6. The maximum atomic E-state index is 13.9. The molecule has 0 radical (unpaired) electrons. The standard InChI is InChI=1S/C29H46N4O3S/c1-4-5-19-33-28(34)27(21-24-10-7-6-8-11-24)30-23(2)29(33)16-9-18-32(20-17-29)22-25-12-14-26(15-13-25)31-37(3,35)36/h12-15,24,27,30-31H,2,4-11,16-22H2,1,3H3. The van der Waals surface area contributed by atoms with E-state index < -0.39 is 10.0 Å². The second-order valence-electron chi connectivity index (χ2n) is 11.5. The lowest BCUT2D eigenvalue weighted by Gasteiger charge is -2.51. The molecule has 206 valence electrons. The number of carbonyl (C=O) groups is 1. The van der Waals surface area contributed by atoms with Gasteiger partial charge in [0, 0.05) is 31.0 Å². The minimum Gasteiger partial charge on any atom is -0.376 e. The van der Waals surface area contributed by atoms with E-state index in [0.29, 0.717) is 11.6 Å². The van der Waals surface area contributed by atoms with Gasteiger partial charge in [-0.25, -0.2) is 8.42 Å². The molecule has 1 aliphatic carbocycles. The van der Waals surface area contributed by atoms with Gasteiger partial charge in [-0.2, -0.15) is 0 Å². The fourth-order valence-electron chi connectivity index (χ4n) is 6.58. The summed E-state index contributed by atoms with van der Waals surface area (Å²) in [5.74, 6) is 0.933. The van der Waals surface area contributed by atoms with Gasteiger partial charge in [0.1, 0.15) is 6.04 Å². The number of unbranched alkanes of at least 4 members (excludes halogenated alkanes) is 1. The van der Waals surface area contributed by atoms with Gasteiger partial charge in [-0.3, -0.25) is 14.4 Å². The SMILES string of the molecule is C=C1NC(CC2CCCCC2)C(=O)N(CCCC)C12CCCN(Cc1ccc(NS(C)(=O)=O)cc1)CC2. The molecule has 8 heteroatoms. The normalized spacial score (nSPS) is 26.2. The Balaban J connectivity index is 1.43. The molecule has 0 aromatic heterocycles. The van der Waals surface area contributed by atoms with Crippen LogP contribution in [0.2, 0.25) is 0 Å². The molecule has 2 saturated heterocycles. The summed E-state index contributed by atoms with van der Waals surface area (Å²) in [6, 6.07) is 7.49. The van der Waals surface area contributed by atoms with Gasteiger partial charge < -0.3 is 10.2 Å². The Morgan fingerprint density at radius 2 is 1.81 bits per heavy atom. The molecule has 3 aliphatic rings. The first-order valence-corrected chi connectivity index (χ1v) is 16.2. The lowest BCUT2D eigenvalue weighted by atomic mass is 9.79. The number of likely N-dealkylation sites (tertiary alicyclic amines) is 1. The fourth-order valence-corrected chi connectivity index (χ4v) is 7.14. The molecular formula is C29H46N4O3S. The molecule has 4 rings (SSSR count). The van der Waals surface area contributed by atoms with Crippen LogP contribution in [0, 0.1) is 5.92 Å². The summed E-state index contributed by atoms with van der Waals surface area (Å²) in [6.07, 6.45) is 13.5. The maximum absolute atomic E-state index is 13.9. The van der Waals surface area contributed by atoms with Crippen molar-refractivity contribution in [2.24, 2.45) is 5.92 Å². The molecule has 1 amide bonds. The molecule has 2 aliphatic heterocycles. The van der Waals surface area contributed by atoms with Crippen LogP contribution in [0.25, 0.3) is 0 Å². The van der Waals surface area contributed by atoms with Gasteiger partial charge in [0.05, 0.1) is 11.8 Å². The summed E-state index contributed by atoms with van der Waals surface area (Å²) in [4.78, 5) is 18.6. The Morgan fingerprint density at radius 1 is 1.08 bits per heavy atom. The molecule has 2 N–H and O–H groups in total. The minimum atomic E-state index is -3.28. The Kier molecular flexibility index (Phi) is 9.22. The van der Waals surface area contributed by atoms with E-state index in [0.717, 1.165) is 82.2 Å². The van der Waals surface area contributed by atoms with Gasteiger partial charge in [0.25, 0.3) is 0 Å². The highest BCUT2D eigenvalue weighted by molar-refractivity contribution is 7.92. The summed E-state index contributed by atoms with van der Waals surface area (Å²) in [5, 5.41) is 3.64. The highest BCUT2D eigenvalue weighted by atomic mass is 32.2. The zero-order chi connectivity index (χ0) is 26.5. The average molecular weight is 531 g/mol. The fraction of sp³-hybridized carbons (Fsp3) is 0.690. The van der Waals surface area contributed by atoms with Gasteiger partial charge in [-0.1, -0.05) is 64.2 Å². The molecule has 0 bridgehead atoms. The van der Waals surface area contributed by atoms with E-state index in [-0.39, 0.29) is 17.5 Å². The van der Waals surface area contributed by atoms with Gasteiger partial charge in [-0.05, 0) is 62.3 Å². The van der Waals surface area contributed by atoms with Gasteiger partial charge >= 0.3 is 0 Å². The Bertz CT molecular complexity index is 1040. The first kappa shape index (κ1) is 28.0. The van der Waals surface area contributed by atoms with Crippen LogP contribution in [-0.2, 0) is 21.4 Å². The second-order valence-corrected chi connectivity index (χ2v) is 13.2. The Hall–Kier alpha value is -2.06. The molecule has 7 nitrogen and oxygen atoms in total. The number of rotatable bonds is 9. The third-order valence-corrected chi connectivity index (χ3v) is 9.20. The first-order chi connectivity index (χ1) is 17.7. The van der Waals surface area contributed by atoms with Crippen LogP contribution in [0.5, 0.6) is 0 Å². The molecule has 1 saturated carbocycles. The van der Waals surface area contributed by atoms with Gasteiger partial charge in [0.15, 0.2) is 0 Å². The van der Waals surface area contributed by atoms with Crippen LogP contribution in [0.4, 0.5) is 5.69 Å². The highest BCUT2D eigenvalue weighted by Gasteiger charge is 2.49. The molecule has 1 spiro atoms. The topological polar surface area (TPSA) is 81.8 Å².